The number of hydrogen-bond donors (Lipinski definition) is 1. The highest BCUT2D eigenvalue weighted by Gasteiger charge is 2.39. The predicted octanol–water partition coefficient (Wildman–Crippen LogP) is 1.23. The van der Waals surface area contributed by atoms with E-state index in [1.54, 1.807) is 18.3 Å². The Morgan fingerprint density at radius 3 is 2.83 bits per heavy atom. The second-order valence-corrected chi connectivity index (χ2v) is 7.02. The zero-order chi connectivity index (χ0) is 20.5. The van der Waals surface area contributed by atoms with Gasteiger partial charge in [0.25, 0.3) is 5.91 Å². The second-order valence-electron chi connectivity index (χ2n) is 7.02. The van der Waals surface area contributed by atoms with Crippen molar-refractivity contribution in [1.29, 1.82) is 0 Å². The summed E-state index contributed by atoms with van der Waals surface area (Å²) >= 11 is 0. The highest BCUT2D eigenvalue weighted by atomic mass is 16.5. The fraction of sp³-hybridized carbons (Fsp3) is 0.286. The molecule has 3 amide bonds. The van der Waals surface area contributed by atoms with Gasteiger partial charge in [0.1, 0.15) is 6.04 Å². The maximum Gasteiger partial charge on any atom is 0.311 e. The first-order valence-electron chi connectivity index (χ1n) is 9.26. The van der Waals surface area contributed by atoms with Crippen LogP contribution < -0.4 is 5.32 Å². The number of methoxy groups -OCH3 is 1. The summed E-state index contributed by atoms with van der Waals surface area (Å²) in [5.74, 6) is -1.35. The van der Waals surface area contributed by atoms with Gasteiger partial charge >= 0.3 is 5.97 Å². The molecule has 2 aliphatic rings. The van der Waals surface area contributed by atoms with Gasteiger partial charge in [0, 0.05) is 30.3 Å². The van der Waals surface area contributed by atoms with E-state index < -0.39 is 11.9 Å². The van der Waals surface area contributed by atoms with Crippen molar-refractivity contribution in [3.63, 3.8) is 0 Å². The van der Waals surface area contributed by atoms with Crippen LogP contribution in [-0.2, 0) is 32.1 Å². The van der Waals surface area contributed by atoms with Gasteiger partial charge in [-0.15, -0.1) is 0 Å². The lowest BCUT2D eigenvalue weighted by molar-refractivity contribution is -0.140. The summed E-state index contributed by atoms with van der Waals surface area (Å²) in [6.45, 7) is 0.293. The minimum atomic E-state index is -0.649. The average Bonchev–Trinajstić information content (AvgIpc) is 3.04. The Hall–Kier alpha value is -3.55. The molecule has 8 nitrogen and oxygen atoms in total. The number of nitrogens with zero attached hydrogens (tertiary/aromatic N) is 2. The summed E-state index contributed by atoms with van der Waals surface area (Å²) in [5, 5.41) is 2.30. The van der Waals surface area contributed by atoms with Crippen LogP contribution in [-0.4, -0.2) is 46.7 Å². The van der Waals surface area contributed by atoms with Crippen molar-refractivity contribution in [2.45, 2.75) is 31.8 Å². The largest absolute Gasteiger partial charge is 0.469 e. The number of rotatable bonds is 4. The average molecular weight is 393 g/mol. The summed E-state index contributed by atoms with van der Waals surface area (Å²) in [5.41, 5.74) is 3.54. The van der Waals surface area contributed by atoms with Gasteiger partial charge in [-0.1, -0.05) is 12.1 Å². The zero-order valence-electron chi connectivity index (χ0n) is 15.8. The van der Waals surface area contributed by atoms with E-state index in [1.165, 1.54) is 12.0 Å². The number of carbonyl (C=O) groups is 4. The molecule has 8 heteroatoms. The first-order valence-corrected chi connectivity index (χ1v) is 9.26. The molecule has 4 rings (SSSR count). The third-order valence-corrected chi connectivity index (χ3v) is 5.26. The van der Waals surface area contributed by atoms with Gasteiger partial charge in [-0.05, 0) is 35.7 Å². The molecule has 1 aromatic heterocycles. The molecule has 1 fully saturated rings. The SMILES string of the molecule is COC(=O)Cc1ncccc1-c1ccc2c(c1)CN(C1CCC(=O)NC1=O)C2=O. The number of aromatic nitrogens is 1. The van der Waals surface area contributed by atoms with E-state index in [0.717, 1.165) is 16.7 Å². The van der Waals surface area contributed by atoms with Crippen molar-refractivity contribution >= 4 is 23.7 Å². The van der Waals surface area contributed by atoms with Crippen LogP contribution in [0.3, 0.4) is 0 Å². The summed E-state index contributed by atoms with van der Waals surface area (Å²) in [7, 11) is 1.33. The Morgan fingerprint density at radius 2 is 2.07 bits per heavy atom. The van der Waals surface area contributed by atoms with E-state index >= 15 is 0 Å². The molecule has 2 aliphatic heterocycles. The third-order valence-electron chi connectivity index (χ3n) is 5.26. The highest BCUT2D eigenvalue weighted by Crippen LogP contribution is 2.32. The normalized spacial score (nSPS) is 18.4. The van der Waals surface area contributed by atoms with Crippen LogP contribution in [0.2, 0.25) is 0 Å². The molecule has 1 unspecified atom stereocenters. The summed E-state index contributed by atoms with van der Waals surface area (Å²) in [6.07, 6.45) is 2.20. The van der Waals surface area contributed by atoms with E-state index in [1.807, 2.05) is 18.2 Å². The van der Waals surface area contributed by atoms with Crippen molar-refractivity contribution in [2.24, 2.45) is 0 Å². The fourth-order valence-corrected chi connectivity index (χ4v) is 3.79. The van der Waals surface area contributed by atoms with Crippen molar-refractivity contribution in [1.82, 2.24) is 15.2 Å². The maximum atomic E-state index is 12.8. The fourth-order valence-electron chi connectivity index (χ4n) is 3.79. The van der Waals surface area contributed by atoms with Crippen LogP contribution in [0.15, 0.2) is 36.5 Å². The summed E-state index contributed by atoms with van der Waals surface area (Å²) in [6, 6.07) is 8.42. The molecule has 0 radical (unpaired) electrons. The van der Waals surface area contributed by atoms with Gasteiger partial charge in [-0.25, -0.2) is 0 Å². The van der Waals surface area contributed by atoms with Crippen LogP contribution in [0.4, 0.5) is 0 Å². The van der Waals surface area contributed by atoms with E-state index in [-0.39, 0.29) is 30.6 Å². The number of benzene rings is 1. The van der Waals surface area contributed by atoms with Crippen molar-refractivity contribution < 1.29 is 23.9 Å². The summed E-state index contributed by atoms with van der Waals surface area (Å²) in [4.78, 5) is 53.9. The molecular formula is C21H19N3O5. The molecule has 0 spiro atoms. The van der Waals surface area contributed by atoms with Gasteiger partial charge in [-0.3, -0.25) is 29.5 Å². The highest BCUT2D eigenvalue weighted by molar-refractivity contribution is 6.05. The molecule has 1 saturated heterocycles. The van der Waals surface area contributed by atoms with Crippen molar-refractivity contribution in [3.05, 3.63) is 53.3 Å². The van der Waals surface area contributed by atoms with Crippen LogP contribution >= 0.6 is 0 Å². The Balaban J connectivity index is 1.63. The molecule has 1 N–H and O–H groups in total. The van der Waals surface area contributed by atoms with Crippen LogP contribution in [0.5, 0.6) is 0 Å². The molecule has 148 valence electrons. The van der Waals surface area contributed by atoms with Gasteiger partial charge in [0.2, 0.25) is 11.8 Å². The molecule has 3 heterocycles. The summed E-state index contributed by atoms with van der Waals surface area (Å²) < 4.78 is 4.74. The number of fused-ring (bicyclic) bond motifs is 1. The quantitative estimate of drug-likeness (QED) is 0.619. The first-order chi connectivity index (χ1) is 14.0. The molecule has 1 atom stereocenters. The Morgan fingerprint density at radius 1 is 1.24 bits per heavy atom. The van der Waals surface area contributed by atoms with Gasteiger partial charge in [-0.2, -0.15) is 0 Å². The molecular weight excluding hydrogens is 374 g/mol. The van der Waals surface area contributed by atoms with Crippen LogP contribution in [0.1, 0.15) is 34.5 Å². The Labute approximate surface area is 166 Å². The molecule has 0 aliphatic carbocycles. The molecule has 0 saturated carbocycles. The lowest BCUT2D eigenvalue weighted by atomic mass is 9.98. The standard InChI is InChI=1S/C21H19N3O5/c1-29-19(26)10-16-14(3-2-8-22-16)12-4-5-15-13(9-12)11-24(21(15)28)17-6-7-18(25)23-20(17)27/h2-5,8-9,17H,6-7,10-11H2,1H3,(H,23,25,27). The smallest absolute Gasteiger partial charge is 0.311 e. The van der Waals surface area contributed by atoms with Crippen LogP contribution in [0.25, 0.3) is 11.1 Å². The first kappa shape index (κ1) is 18.8. The molecule has 0 bridgehead atoms. The number of carbonyl (C=O) groups excluding carboxylic acids is 4. The van der Waals surface area contributed by atoms with E-state index in [0.29, 0.717) is 24.2 Å². The topological polar surface area (TPSA) is 106 Å². The van der Waals surface area contributed by atoms with E-state index in [9.17, 15) is 19.2 Å². The van der Waals surface area contributed by atoms with Gasteiger partial charge in [0.15, 0.2) is 0 Å². The van der Waals surface area contributed by atoms with Gasteiger partial charge in [0.05, 0.1) is 19.2 Å². The minimum Gasteiger partial charge on any atom is -0.469 e. The number of hydrogen-bond acceptors (Lipinski definition) is 6. The molecule has 2 aromatic rings. The second kappa shape index (κ2) is 7.46. The number of imide groups is 1. The molecule has 29 heavy (non-hydrogen) atoms. The number of ether oxygens (including phenoxy) is 1. The zero-order valence-corrected chi connectivity index (χ0v) is 15.8. The van der Waals surface area contributed by atoms with Gasteiger partial charge < -0.3 is 9.64 Å². The Bertz CT molecular complexity index is 1030. The minimum absolute atomic E-state index is 0.0467. The number of nitrogens with one attached hydrogen (secondary N) is 1. The van der Waals surface area contributed by atoms with Crippen molar-refractivity contribution in [2.75, 3.05) is 7.11 Å². The Kier molecular flexibility index (Phi) is 4.84. The number of amides is 3. The number of piperidine rings is 1. The monoisotopic (exact) mass is 393 g/mol. The third kappa shape index (κ3) is 3.49. The lowest BCUT2D eigenvalue weighted by Gasteiger charge is -2.29. The number of pyridine rings is 1. The maximum absolute atomic E-state index is 12.8. The van der Waals surface area contributed by atoms with Crippen LogP contribution in [0, 0.1) is 0 Å². The van der Waals surface area contributed by atoms with E-state index in [4.69, 9.17) is 4.74 Å². The number of esters is 1. The van der Waals surface area contributed by atoms with E-state index in [2.05, 4.69) is 10.3 Å². The molecule has 1 aromatic carbocycles. The van der Waals surface area contributed by atoms with Crippen molar-refractivity contribution in [3.8, 4) is 11.1 Å². The predicted molar refractivity (Wildman–Crippen MR) is 101 cm³/mol. The lowest BCUT2D eigenvalue weighted by Crippen LogP contribution is -2.52.